The standard InChI is InChI=1S/C13H13NO4/c15-12(16)11-8-14(13(17)18)7-6-10(11)9-4-2-1-3-5-9/h1-2,4,6-7H,3,5,8H2,(H,15,16)(H,17,18). The Morgan fingerprint density at radius 1 is 1.28 bits per heavy atom. The van der Waals surface area contributed by atoms with Gasteiger partial charge in [0, 0.05) is 6.20 Å². The van der Waals surface area contributed by atoms with Crippen molar-refractivity contribution in [1.82, 2.24) is 4.90 Å². The van der Waals surface area contributed by atoms with Crippen LogP contribution in [-0.2, 0) is 4.79 Å². The van der Waals surface area contributed by atoms with Crippen molar-refractivity contribution in [2.45, 2.75) is 12.8 Å². The number of allylic oxidation sites excluding steroid dienone is 6. The van der Waals surface area contributed by atoms with Gasteiger partial charge in [-0.05, 0) is 30.1 Å². The molecule has 5 nitrogen and oxygen atoms in total. The summed E-state index contributed by atoms with van der Waals surface area (Å²) in [6.45, 7) is -0.114. The molecular formula is C13H13NO4. The van der Waals surface area contributed by atoms with Crippen molar-refractivity contribution in [3.05, 3.63) is 47.2 Å². The summed E-state index contributed by atoms with van der Waals surface area (Å²) in [4.78, 5) is 23.0. The monoisotopic (exact) mass is 247 g/mol. The highest BCUT2D eigenvalue weighted by Crippen LogP contribution is 2.27. The van der Waals surface area contributed by atoms with Crippen molar-refractivity contribution in [3.8, 4) is 0 Å². The Morgan fingerprint density at radius 3 is 2.61 bits per heavy atom. The molecule has 2 N–H and O–H groups in total. The maximum atomic E-state index is 11.2. The van der Waals surface area contributed by atoms with Crippen LogP contribution in [0.5, 0.6) is 0 Å². The lowest BCUT2D eigenvalue weighted by atomic mass is 9.91. The number of carboxylic acids is 1. The van der Waals surface area contributed by atoms with Gasteiger partial charge in [-0.25, -0.2) is 9.59 Å². The van der Waals surface area contributed by atoms with Gasteiger partial charge in [-0.3, -0.25) is 4.90 Å². The molecule has 5 heteroatoms. The van der Waals surface area contributed by atoms with Crippen LogP contribution in [0.25, 0.3) is 0 Å². The van der Waals surface area contributed by atoms with Crippen LogP contribution >= 0.6 is 0 Å². The lowest BCUT2D eigenvalue weighted by Crippen LogP contribution is -2.31. The molecule has 0 aromatic rings. The first-order valence-corrected chi connectivity index (χ1v) is 5.60. The zero-order valence-electron chi connectivity index (χ0n) is 9.67. The lowest BCUT2D eigenvalue weighted by molar-refractivity contribution is -0.132. The topological polar surface area (TPSA) is 77.8 Å². The molecule has 1 aliphatic carbocycles. The van der Waals surface area contributed by atoms with E-state index >= 15 is 0 Å². The molecule has 0 aromatic heterocycles. The molecule has 2 rings (SSSR count). The second-order valence-corrected chi connectivity index (χ2v) is 4.08. The van der Waals surface area contributed by atoms with Crippen LogP contribution in [0.15, 0.2) is 47.2 Å². The first-order valence-electron chi connectivity index (χ1n) is 5.60. The van der Waals surface area contributed by atoms with Crippen molar-refractivity contribution in [3.63, 3.8) is 0 Å². The fraction of sp³-hybridized carbons (Fsp3) is 0.231. The van der Waals surface area contributed by atoms with Gasteiger partial charge in [0.25, 0.3) is 0 Å². The number of carboxylic acid groups (broad SMARTS) is 2. The van der Waals surface area contributed by atoms with Gasteiger partial charge >= 0.3 is 12.1 Å². The number of hydrogen-bond donors (Lipinski definition) is 2. The van der Waals surface area contributed by atoms with Crippen molar-refractivity contribution >= 4 is 12.1 Å². The van der Waals surface area contributed by atoms with Crippen LogP contribution < -0.4 is 0 Å². The molecule has 0 aromatic carbocycles. The van der Waals surface area contributed by atoms with E-state index in [1.807, 2.05) is 18.2 Å². The van der Waals surface area contributed by atoms with Gasteiger partial charge in [0.15, 0.2) is 0 Å². The fourth-order valence-corrected chi connectivity index (χ4v) is 2.02. The number of nitrogens with zero attached hydrogens (tertiary/aromatic N) is 1. The van der Waals surface area contributed by atoms with Crippen LogP contribution in [-0.4, -0.2) is 33.7 Å². The third-order valence-electron chi connectivity index (χ3n) is 2.94. The smallest absolute Gasteiger partial charge is 0.411 e. The minimum absolute atomic E-state index is 0.114. The van der Waals surface area contributed by atoms with Crippen molar-refractivity contribution in [2.24, 2.45) is 0 Å². The number of carbonyl (C=O) groups is 2. The Kier molecular flexibility index (Phi) is 3.32. The molecule has 2 aliphatic rings. The Morgan fingerprint density at radius 2 is 2.06 bits per heavy atom. The van der Waals surface area contributed by atoms with Crippen LogP contribution in [0.2, 0.25) is 0 Å². The molecule has 0 bridgehead atoms. The average molecular weight is 247 g/mol. The van der Waals surface area contributed by atoms with E-state index in [0.717, 1.165) is 23.3 Å². The van der Waals surface area contributed by atoms with E-state index in [0.29, 0.717) is 5.57 Å². The average Bonchev–Trinajstić information content (AvgIpc) is 2.39. The molecule has 1 aliphatic heterocycles. The number of aliphatic carboxylic acids is 1. The third kappa shape index (κ3) is 2.34. The molecule has 0 radical (unpaired) electrons. The Hall–Kier alpha value is -2.30. The first-order chi connectivity index (χ1) is 8.59. The summed E-state index contributed by atoms with van der Waals surface area (Å²) in [6, 6.07) is 0. The molecule has 0 spiro atoms. The predicted molar refractivity (Wildman–Crippen MR) is 65.0 cm³/mol. The number of amides is 1. The minimum atomic E-state index is -1.15. The van der Waals surface area contributed by atoms with Crippen LogP contribution in [0.4, 0.5) is 4.79 Å². The van der Waals surface area contributed by atoms with E-state index in [4.69, 9.17) is 5.11 Å². The Bertz CT molecular complexity index is 511. The summed E-state index contributed by atoms with van der Waals surface area (Å²) in [5.41, 5.74) is 1.70. The van der Waals surface area contributed by atoms with E-state index in [2.05, 4.69) is 0 Å². The molecule has 0 saturated heterocycles. The Labute approximate surface area is 104 Å². The molecule has 0 fully saturated rings. The fourth-order valence-electron chi connectivity index (χ4n) is 2.02. The molecule has 1 amide bonds. The summed E-state index contributed by atoms with van der Waals surface area (Å²) >= 11 is 0. The molecule has 0 atom stereocenters. The first kappa shape index (κ1) is 12.2. The van der Waals surface area contributed by atoms with E-state index in [9.17, 15) is 14.7 Å². The Balaban J connectivity index is 2.37. The van der Waals surface area contributed by atoms with Crippen LogP contribution in [0, 0.1) is 0 Å². The van der Waals surface area contributed by atoms with E-state index in [1.165, 1.54) is 6.20 Å². The second-order valence-electron chi connectivity index (χ2n) is 4.08. The molecule has 94 valence electrons. The van der Waals surface area contributed by atoms with E-state index in [-0.39, 0.29) is 12.1 Å². The summed E-state index contributed by atoms with van der Waals surface area (Å²) in [7, 11) is 0. The lowest BCUT2D eigenvalue weighted by Gasteiger charge is -2.23. The van der Waals surface area contributed by atoms with Crippen LogP contribution in [0.3, 0.4) is 0 Å². The van der Waals surface area contributed by atoms with E-state index < -0.39 is 12.1 Å². The molecular weight excluding hydrogens is 234 g/mol. The number of hydrogen-bond acceptors (Lipinski definition) is 2. The van der Waals surface area contributed by atoms with Crippen molar-refractivity contribution in [1.29, 1.82) is 0 Å². The maximum absolute atomic E-state index is 11.2. The normalized spacial score (nSPS) is 18.9. The molecule has 0 unspecified atom stereocenters. The molecule has 0 saturated carbocycles. The van der Waals surface area contributed by atoms with Gasteiger partial charge < -0.3 is 10.2 Å². The van der Waals surface area contributed by atoms with E-state index in [1.54, 1.807) is 6.08 Å². The summed E-state index contributed by atoms with van der Waals surface area (Å²) in [5, 5.41) is 18.1. The van der Waals surface area contributed by atoms with Gasteiger partial charge in [0.2, 0.25) is 0 Å². The van der Waals surface area contributed by atoms with Crippen LogP contribution in [0.1, 0.15) is 12.8 Å². The van der Waals surface area contributed by atoms with Gasteiger partial charge in [0.05, 0.1) is 12.1 Å². The van der Waals surface area contributed by atoms with Gasteiger partial charge in [0.1, 0.15) is 0 Å². The quantitative estimate of drug-likeness (QED) is 0.783. The van der Waals surface area contributed by atoms with Gasteiger partial charge in [-0.15, -0.1) is 0 Å². The largest absolute Gasteiger partial charge is 0.478 e. The molecule has 1 heterocycles. The highest BCUT2D eigenvalue weighted by molar-refractivity contribution is 5.91. The van der Waals surface area contributed by atoms with Gasteiger partial charge in [-0.2, -0.15) is 0 Å². The predicted octanol–water partition coefficient (Wildman–Crippen LogP) is 2.15. The maximum Gasteiger partial charge on any atom is 0.411 e. The molecule has 18 heavy (non-hydrogen) atoms. The summed E-state index contributed by atoms with van der Waals surface area (Å²) in [5.74, 6) is -1.07. The van der Waals surface area contributed by atoms with Crippen molar-refractivity contribution in [2.75, 3.05) is 6.54 Å². The zero-order chi connectivity index (χ0) is 13.1. The summed E-state index contributed by atoms with van der Waals surface area (Å²) < 4.78 is 0. The highest BCUT2D eigenvalue weighted by Gasteiger charge is 2.24. The third-order valence-corrected chi connectivity index (χ3v) is 2.94. The number of rotatable bonds is 2. The van der Waals surface area contributed by atoms with Gasteiger partial charge in [-0.1, -0.05) is 18.2 Å². The second kappa shape index (κ2) is 4.91. The minimum Gasteiger partial charge on any atom is -0.478 e. The highest BCUT2D eigenvalue weighted by atomic mass is 16.4. The zero-order valence-corrected chi connectivity index (χ0v) is 9.67. The SMILES string of the molecule is O=C(O)C1=C(C2=CC=CCC2)C=CN(C(=O)O)C1. The summed E-state index contributed by atoms with van der Waals surface area (Å²) in [6.07, 6.45) is 9.25. The van der Waals surface area contributed by atoms with Crippen molar-refractivity contribution < 1.29 is 19.8 Å².